The van der Waals surface area contributed by atoms with E-state index in [9.17, 15) is 14.0 Å². The molecular weight excluding hydrogens is 431 g/mol. The van der Waals surface area contributed by atoms with Crippen LogP contribution in [0.25, 0.3) is 0 Å². The Morgan fingerprint density at radius 1 is 1.27 bits per heavy atom. The van der Waals surface area contributed by atoms with Crippen LogP contribution in [-0.4, -0.2) is 23.0 Å². The Morgan fingerprint density at radius 2 is 2.07 bits per heavy atom. The molecule has 1 atom stereocenters. The van der Waals surface area contributed by atoms with E-state index >= 15 is 0 Å². The molecule has 3 aromatic rings. The van der Waals surface area contributed by atoms with Crippen molar-refractivity contribution < 1.29 is 23.5 Å². The van der Waals surface area contributed by atoms with Crippen molar-refractivity contribution in [1.29, 1.82) is 0 Å². The molecule has 0 spiro atoms. The molecule has 0 saturated heterocycles. The molecule has 0 radical (unpaired) electrons. The van der Waals surface area contributed by atoms with Crippen molar-refractivity contribution in [3.05, 3.63) is 74.9 Å². The molecule has 0 bridgehead atoms. The molecular formula is C21H18ClFN2O4S. The molecule has 1 unspecified atom stereocenters. The van der Waals surface area contributed by atoms with E-state index in [1.165, 1.54) is 36.5 Å². The highest BCUT2D eigenvalue weighted by Gasteiger charge is 2.20. The van der Waals surface area contributed by atoms with Crippen molar-refractivity contribution in [2.24, 2.45) is 0 Å². The Kier molecular flexibility index (Phi) is 7.02. The number of esters is 1. The summed E-state index contributed by atoms with van der Waals surface area (Å²) < 4.78 is 24.7. The molecule has 30 heavy (non-hydrogen) atoms. The summed E-state index contributed by atoms with van der Waals surface area (Å²) >= 11 is 7.21. The van der Waals surface area contributed by atoms with E-state index < -0.39 is 23.8 Å². The van der Waals surface area contributed by atoms with Gasteiger partial charge in [0, 0.05) is 10.4 Å². The first-order valence-electron chi connectivity index (χ1n) is 8.92. The number of amides is 1. The average molecular weight is 449 g/mol. The van der Waals surface area contributed by atoms with E-state index in [0.717, 1.165) is 16.8 Å². The zero-order chi connectivity index (χ0) is 21.7. The van der Waals surface area contributed by atoms with Gasteiger partial charge in [0.05, 0.1) is 22.0 Å². The molecule has 0 aliphatic carbocycles. The van der Waals surface area contributed by atoms with Crippen LogP contribution >= 0.6 is 22.9 Å². The molecule has 9 heteroatoms. The number of aryl methyl sites for hydroxylation is 1. The number of benzene rings is 2. The Balaban J connectivity index is 1.58. The van der Waals surface area contributed by atoms with Crippen molar-refractivity contribution >= 4 is 40.5 Å². The molecule has 0 fully saturated rings. The second-order valence-electron chi connectivity index (χ2n) is 6.34. The predicted octanol–water partition coefficient (Wildman–Crippen LogP) is 5.01. The molecule has 1 N–H and O–H groups in total. The minimum atomic E-state index is -1.14. The normalized spacial score (nSPS) is 11.6. The van der Waals surface area contributed by atoms with Crippen molar-refractivity contribution in [3.63, 3.8) is 0 Å². The molecule has 0 aliphatic heterocycles. The molecule has 3 rings (SSSR count). The van der Waals surface area contributed by atoms with E-state index in [1.807, 2.05) is 12.3 Å². The number of hydrogen-bond acceptors (Lipinski definition) is 6. The number of halogens is 2. The van der Waals surface area contributed by atoms with E-state index in [1.54, 1.807) is 18.2 Å². The van der Waals surface area contributed by atoms with Gasteiger partial charge in [0.25, 0.3) is 5.91 Å². The Hall–Kier alpha value is -2.97. The molecule has 0 saturated carbocycles. The third-order valence-corrected chi connectivity index (χ3v) is 5.02. The second-order valence-corrected chi connectivity index (χ2v) is 7.83. The first kappa shape index (κ1) is 21.7. The Labute approximate surface area is 181 Å². The average Bonchev–Trinajstić information content (AvgIpc) is 3.13. The van der Waals surface area contributed by atoms with Crippen molar-refractivity contribution in [2.75, 3.05) is 5.32 Å². The first-order chi connectivity index (χ1) is 14.3. The summed E-state index contributed by atoms with van der Waals surface area (Å²) in [6, 6.07) is 10.3. The Bertz CT molecular complexity index is 1070. The molecule has 2 aromatic carbocycles. The number of carbonyl (C=O) groups is 2. The number of thiazole rings is 1. The summed E-state index contributed by atoms with van der Waals surface area (Å²) in [7, 11) is 0. The van der Waals surface area contributed by atoms with Gasteiger partial charge in [0.1, 0.15) is 18.2 Å². The number of hydrogen-bond donors (Lipinski definition) is 1. The summed E-state index contributed by atoms with van der Waals surface area (Å²) in [6.07, 6.45) is -1.14. The highest BCUT2D eigenvalue weighted by molar-refractivity contribution is 7.09. The van der Waals surface area contributed by atoms with Crippen molar-refractivity contribution in [3.8, 4) is 5.75 Å². The fourth-order valence-corrected chi connectivity index (χ4v) is 3.21. The van der Waals surface area contributed by atoms with Gasteiger partial charge in [-0.15, -0.1) is 11.3 Å². The first-order valence-corrected chi connectivity index (χ1v) is 10.2. The maximum Gasteiger partial charge on any atom is 0.339 e. The standard InChI is InChI=1S/C21H18ClFN2O4S/c1-12(20(26)25-19-7-6-15(22)9-18(19)23)29-21(27)14-4-3-5-17(8-14)28-10-16-11-30-13(2)24-16/h3-9,11-12H,10H2,1-2H3,(H,25,26). The van der Waals surface area contributed by atoms with Gasteiger partial charge >= 0.3 is 5.97 Å². The summed E-state index contributed by atoms with van der Waals surface area (Å²) in [5.41, 5.74) is 0.962. The van der Waals surface area contributed by atoms with E-state index in [-0.39, 0.29) is 22.9 Å². The number of rotatable bonds is 7. The van der Waals surface area contributed by atoms with Crippen LogP contribution in [0, 0.1) is 12.7 Å². The van der Waals surface area contributed by atoms with Gasteiger partial charge in [-0.2, -0.15) is 0 Å². The summed E-state index contributed by atoms with van der Waals surface area (Å²) in [4.78, 5) is 28.9. The molecule has 1 heterocycles. The monoisotopic (exact) mass is 448 g/mol. The lowest BCUT2D eigenvalue weighted by molar-refractivity contribution is -0.123. The van der Waals surface area contributed by atoms with Crippen LogP contribution in [0.1, 0.15) is 28.0 Å². The summed E-state index contributed by atoms with van der Waals surface area (Å²) in [5, 5.41) is 5.41. The van der Waals surface area contributed by atoms with E-state index in [0.29, 0.717) is 5.75 Å². The van der Waals surface area contributed by atoms with Gasteiger partial charge in [0.15, 0.2) is 6.10 Å². The number of carbonyl (C=O) groups excluding carboxylic acids is 2. The third-order valence-electron chi connectivity index (χ3n) is 3.97. The topological polar surface area (TPSA) is 77.5 Å². The van der Waals surface area contributed by atoms with Crippen molar-refractivity contribution in [1.82, 2.24) is 4.98 Å². The minimum absolute atomic E-state index is 0.0556. The van der Waals surface area contributed by atoms with Gasteiger partial charge in [-0.1, -0.05) is 17.7 Å². The van der Waals surface area contributed by atoms with Gasteiger partial charge in [-0.3, -0.25) is 4.79 Å². The maximum absolute atomic E-state index is 13.8. The molecule has 1 aromatic heterocycles. The number of nitrogens with zero attached hydrogens (tertiary/aromatic N) is 1. The number of nitrogens with one attached hydrogen (secondary N) is 1. The van der Waals surface area contributed by atoms with Crippen LogP contribution in [-0.2, 0) is 16.1 Å². The number of aromatic nitrogens is 1. The lowest BCUT2D eigenvalue weighted by atomic mass is 10.2. The van der Waals surface area contributed by atoms with Crippen LogP contribution in [0.15, 0.2) is 47.8 Å². The zero-order valence-corrected chi connectivity index (χ0v) is 17.7. The smallest absolute Gasteiger partial charge is 0.339 e. The fourth-order valence-electron chi connectivity index (χ4n) is 2.45. The van der Waals surface area contributed by atoms with Gasteiger partial charge in [-0.05, 0) is 50.2 Å². The quantitative estimate of drug-likeness (QED) is 0.514. The number of anilines is 1. The van der Waals surface area contributed by atoms with Crippen LogP contribution < -0.4 is 10.1 Å². The minimum Gasteiger partial charge on any atom is -0.487 e. The van der Waals surface area contributed by atoms with Crippen molar-refractivity contribution in [2.45, 2.75) is 26.6 Å². The Morgan fingerprint density at radius 3 is 2.77 bits per heavy atom. The second kappa shape index (κ2) is 9.69. The fraction of sp³-hybridized carbons (Fsp3) is 0.190. The molecule has 0 aliphatic rings. The van der Waals surface area contributed by atoms with Crippen LogP contribution in [0.2, 0.25) is 5.02 Å². The van der Waals surface area contributed by atoms with Gasteiger partial charge < -0.3 is 14.8 Å². The molecule has 1 amide bonds. The van der Waals surface area contributed by atoms with Crippen LogP contribution in [0.4, 0.5) is 10.1 Å². The van der Waals surface area contributed by atoms with E-state index in [2.05, 4.69) is 10.3 Å². The molecule has 6 nitrogen and oxygen atoms in total. The number of ether oxygens (including phenoxy) is 2. The van der Waals surface area contributed by atoms with Crippen LogP contribution in [0.3, 0.4) is 0 Å². The SMILES string of the molecule is Cc1nc(COc2cccc(C(=O)OC(C)C(=O)Nc3ccc(Cl)cc3F)c2)cs1. The summed E-state index contributed by atoms with van der Waals surface area (Å²) in [6.45, 7) is 3.57. The predicted molar refractivity (Wildman–Crippen MR) is 113 cm³/mol. The lowest BCUT2D eigenvalue weighted by Gasteiger charge is -2.14. The third kappa shape index (κ3) is 5.77. The van der Waals surface area contributed by atoms with E-state index in [4.69, 9.17) is 21.1 Å². The highest BCUT2D eigenvalue weighted by Crippen LogP contribution is 2.20. The lowest BCUT2D eigenvalue weighted by Crippen LogP contribution is -2.30. The van der Waals surface area contributed by atoms with Gasteiger partial charge in [0.2, 0.25) is 0 Å². The molecule has 156 valence electrons. The largest absolute Gasteiger partial charge is 0.487 e. The maximum atomic E-state index is 13.8. The van der Waals surface area contributed by atoms with Gasteiger partial charge in [-0.25, -0.2) is 14.2 Å². The highest BCUT2D eigenvalue weighted by atomic mass is 35.5. The van der Waals surface area contributed by atoms with Crippen LogP contribution in [0.5, 0.6) is 5.75 Å². The zero-order valence-electron chi connectivity index (χ0n) is 16.1. The summed E-state index contributed by atoms with van der Waals surface area (Å²) in [5.74, 6) is -1.59.